The number of benzene rings is 2. The average Bonchev–Trinajstić information content (AvgIpc) is 2.27. The Labute approximate surface area is 93.3 Å². The fourth-order valence-electron chi connectivity index (χ4n) is 1.64. The van der Waals surface area contributed by atoms with Crippen LogP contribution in [0.15, 0.2) is 47.4 Å². The molecule has 0 spiro atoms. The van der Waals surface area contributed by atoms with Crippen molar-refractivity contribution in [2.24, 2.45) is 0 Å². The molecule has 1 aliphatic heterocycles. The second kappa shape index (κ2) is 3.21. The van der Waals surface area contributed by atoms with E-state index >= 15 is 0 Å². The lowest BCUT2D eigenvalue weighted by molar-refractivity contribution is 0.480. The molecule has 0 saturated heterocycles. The van der Waals surface area contributed by atoms with Gasteiger partial charge in [-0.2, -0.15) is 0 Å². The zero-order valence-corrected chi connectivity index (χ0v) is 8.79. The molecule has 0 saturated carbocycles. The Balaban J connectivity index is 2.15. The molecule has 0 radical (unpaired) electrons. The van der Waals surface area contributed by atoms with Crippen molar-refractivity contribution >= 4 is 24.0 Å². The quantitative estimate of drug-likeness (QED) is 0.556. The molecule has 0 aromatic heterocycles. The van der Waals surface area contributed by atoms with Gasteiger partial charge in [-0.15, -0.1) is 12.6 Å². The minimum absolute atomic E-state index is 0.821. The van der Waals surface area contributed by atoms with E-state index in [1.807, 2.05) is 42.5 Å². The van der Waals surface area contributed by atoms with Crippen molar-refractivity contribution < 1.29 is 4.74 Å². The van der Waals surface area contributed by atoms with E-state index in [0.717, 1.165) is 27.8 Å². The minimum atomic E-state index is 0.821. The van der Waals surface area contributed by atoms with Crippen LogP contribution in [-0.2, 0) is 0 Å². The molecule has 74 valence electrons. The Morgan fingerprint density at radius 1 is 0.933 bits per heavy atom. The first-order chi connectivity index (χ1) is 7.34. The molecule has 3 rings (SSSR count). The Kier molecular flexibility index (Phi) is 1.86. The minimum Gasteiger partial charge on any atom is -0.453 e. The number of ether oxygens (including phenoxy) is 1. The largest absolute Gasteiger partial charge is 0.453 e. The summed E-state index contributed by atoms with van der Waals surface area (Å²) in [4.78, 5) is 0.891. The summed E-state index contributed by atoms with van der Waals surface area (Å²) in [7, 11) is 0. The van der Waals surface area contributed by atoms with Gasteiger partial charge in [0.2, 0.25) is 0 Å². The molecule has 0 atom stereocenters. The van der Waals surface area contributed by atoms with Gasteiger partial charge in [0.25, 0.3) is 0 Å². The van der Waals surface area contributed by atoms with Crippen LogP contribution < -0.4 is 10.1 Å². The highest BCUT2D eigenvalue weighted by atomic mass is 32.1. The first-order valence-corrected chi connectivity index (χ1v) is 5.15. The van der Waals surface area contributed by atoms with Gasteiger partial charge in [0.15, 0.2) is 11.5 Å². The van der Waals surface area contributed by atoms with Crippen molar-refractivity contribution in [1.82, 2.24) is 0 Å². The molecule has 1 heterocycles. The number of hydrogen-bond donors (Lipinski definition) is 2. The van der Waals surface area contributed by atoms with Crippen LogP contribution in [0.3, 0.4) is 0 Å². The van der Waals surface area contributed by atoms with Crippen LogP contribution in [0.5, 0.6) is 11.5 Å². The first kappa shape index (κ1) is 8.68. The number of nitrogens with one attached hydrogen (secondary N) is 1. The maximum Gasteiger partial charge on any atom is 0.152 e. The highest BCUT2D eigenvalue weighted by molar-refractivity contribution is 7.80. The van der Waals surface area contributed by atoms with Gasteiger partial charge in [0, 0.05) is 4.90 Å². The fourth-order valence-corrected chi connectivity index (χ4v) is 1.89. The van der Waals surface area contributed by atoms with E-state index in [0.29, 0.717) is 0 Å². The van der Waals surface area contributed by atoms with E-state index < -0.39 is 0 Å². The maximum atomic E-state index is 5.75. The van der Waals surface area contributed by atoms with Crippen LogP contribution in [0, 0.1) is 0 Å². The van der Waals surface area contributed by atoms with Crippen LogP contribution in [0.4, 0.5) is 11.4 Å². The van der Waals surface area contributed by atoms with Crippen LogP contribution in [-0.4, -0.2) is 0 Å². The lowest BCUT2D eigenvalue weighted by Gasteiger charge is -2.22. The molecule has 2 aromatic carbocycles. The van der Waals surface area contributed by atoms with Crippen molar-refractivity contribution in [1.29, 1.82) is 0 Å². The van der Waals surface area contributed by atoms with Crippen LogP contribution in [0.25, 0.3) is 0 Å². The number of thiol groups is 1. The lowest BCUT2D eigenvalue weighted by Crippen LogP contribution is -2.02. The van der Waals surface area contributed by atoms with Crippen molar-refractivity contribution in [3.05, 3.63) is 42.5 Å². The molecule has 2 aromatic rings. The van der Waals surface area contributed by atoms with Gasteiger partial charge >= 0.3 is 0 Å². The Hall–Kier alpha value is -1.61. The maximum absolute atomic E-state index is 5.75. The second-order valence-electron chi connectivity index (χ2n) is 3.37. The fraction of sp³-hybridized carbons (Fsp3) is 0. The van der Waals surface area contributed by atoms with Gasteiger partial charge in [-0.25, -0.2) is 0 Å². The third-order valence-electron chi connectivity index (χ3n) is 2.37. The third kappa shape index (κ3) is 1.36. The summed E-state index contributed by atoms with van der Waals surface area (Å²) in [5, 5.41) is 3.31. The summed E-state index contributed by atoms with van der Waals surface area (Å²) in [6.45, 7) is 0. The van der Waals surface area contributed by atoms with Gasteiger partial charge in [-0.3, -0.25) is 0 Å². The smallest absolute Gasteiger partial charge is 0.152 e. The number of hydrogen-bond acceptors (Lipinski definition) is 3. The van der Waals surface area contributed by atoms with E-state index in [1.54, 1.807) is 0 Å². The number of anilines is 2. The normalized spacial score (nSPS) is 12.1. The number of fused-ring (bicyclic) bond motifs is 2. The molecule has 0 amide bonds. The predicted molar refractivity (Wildman–Crippen MR) is 63.5 cm³/mol. The number of para-hydroxylation sites is 3. The predicted octanol–water partition coefficient (Wildman–Crippen LogP) is 3.82. The van der Waals surface area contributed by atoms with Crippen molar-refractivity contribution in [3.8, 4) is 11.5 Å². The molecule has 0 unspecified atom stereocenters. The second-order valence-corrected chi connectivity index (χ2v) is 3.86. The SMILES string of the molecule is Sc1cccc2c1Nc1ccccc1O2. The van der Waals surface area contributed by atoms with E-state index in [9.17, 15) is 0 Å². The molecule has 0 bridgehead atoms. The molecular formula is C12H9NOS. The summed E-state index contributed by atoms with van der Waals surface area (Å²) in [6, 6.07) is 13.6. The van der Waals surface area contributed by atoms with Gasteiger partial charge < -0.3 is 10.1 Å². The van der Waals surface area contributed by atoms with Crippen LogP contribution in [0.2, 0.25) is 0 Å². The van der Waals surface area contributed by atoms with E-state index in [1.165, 1.54) is 0 Å². The van der Waals surface area contributed by atoms with Crippen molar-refractivity contribution in [2.75, 3.05) is 5.32 Å². The Bertz CT molecular complexity index is 525. The molecule has 0 aliphatic carbocycles. The highest BCUT2D eigenvalue weighted by Crippen LogP contribution is 2.43. The molecule has 15 heavy (non-hydrogen) atoms. The van der Waals surface area contributed by atoms with Gasteiger partial charge in [-0.05, 0) is 24.3 Å². The molecular weight excluding hydrogens is 206 g/mol. The van der Waals surface area contributed by atoms with E-state index in [2.05, 4.69) is 17.9 Å². The zero-order valence-electron chi connectivity index (χ0n) is 7.90. The van der Waals surface area contributed by atoms with E-state index in [-0.39, 0.29) is 0 Å². The summed E-state index contributed by atoms with van der Waals surface area (Å²) >= 11 is 4.38. The average molecular weight is 215 g/mol. The summed E-state index contributed by atoms with van der Waals surface area (Å²) < 4.78 is 5.75. The molecule has 3 heteroatoms. The third-order valence-corrected chi connectivity index (χ3v) is 2.74. The zero-order chi connectivity index (χ0) is 10.3. The summed E-state index contributed by atoms with van der Waals surface area (Å²) in [5.41, 5.74) is 1.91. The topological polar surface area (TPSA) is 21.3 Å². The summed E-state index contributed by atoms with van der Waals surface area (Å²) in [5.74, 6) is 1.67. The molecule has 1 aliphatic rings. The van der Waals surface area contributed by atoms with Gasteiger partial charge in [-0.1, -0.05) is 18.2 Å². The monoisotopic (exact) mass is 215 g/mol. The highest BCUT2D eigenvalue weighted by Gasteiger charge is 2.16. The number of rotatable bonds is 0. The molecule has 1 N–H and O–H groups in total. The molecule has 2 nitrogen and oxygen atoms in total. The van der Waals surface area contributed by atoms with Crippen LogP contribution >= 0.6 is 12.6 Å². The Morgan fingerprint density at radius 3 is 2.67 bits per heavy atom. The summed E-state index contributed by atoms with van der Waals surface area (Å²) in [6.07, 6.45) is 0. The first-order valence-electron chi connectivity index (χ1n) is 4.70. The van der Waals surface area contributed by atoms with Gasteiger partial charge in [0.05, 0.1) is 11.4 Å². The Morgan fingerprint density at radius 2 is 1.73 bits per heavy atom. The van der Waals surface area contributed by atoms with Crippen LogP contribution in [0.1, 0.15) is 0 Å². The lowest BCUT2D eigenvalue weighted by atomic mass is 10.2. The van der Waals surface area contributed by atoms with E-state index in [4.69, 9.17) is 4.74 Å². The molecule has 0 fully saturated rings. The van der Waals surface area contributed by atoms with Gasteiger partial charge in [0.1, 0.15) is 0 Å². The van der Waals surface area contributed by atoms with Crippen molar-refractivity contribution in [2.45, 2.75) is 4.90 Å². The standard InChI is InChI=1S/C12H9NOS/c15-11-7-3-6-10-12(11)13-8-4-1-2-5-9(8)14-10/h1-7,13,15H. The van der Waals surface area contributed by atoms with Crippen molar-refractivity contribution in [3.63, 3.8) is 0 Å².